The molecule has 1 aliphatic rings. The smallest absolute Gasteiger partial charge is 0.307 e. The third-order valence-corrected chi connectivity index (χ3v) is 3.44. The predicted molar refractivity (Wildman–Crippen MR) is 54.3 cm³/mol. The van der Waals surface area contributed by atoms with Crippen LogP contribution >= 0.6 is 11.6 Å². The fraction of sp³-hybridized carbons (Fsp3) is 0.700. The van der Waals surface area contributed by atoms with E-state index in [-0.39, 0.29) is 0 Å². The van der Waals surface area contributed by atoms with Crippen molar-refractivity contribution in [3.8, 4) is 0 Å². The van der Waals surface area contributed by atoms with Crippen LogP contribution < -0.4 is 0 Å². The van der Waals surface area contributed by atoms with Crippen molar-refractivity contribution in [2.24, 2.45) is 17.3 Å². The van der Waals surface area contributed by atoms with Gasteiger partial charge in [0.25, 0.3) is 6.43 Å². The molecule has 0 amide bonds. The molecule has 16 heavy (non-hydrogen) atoms. The van der Waals surface area contributed by atoms with Crippen molar-refractivity contribution in [1.29, 1.82) is 0 Å². The first-order valence-electron chi connectivity index (χ1n) is 4.69. The second kappa shape index (κ2) is 4.20. The molecule has 0 aromatic heterocycles. The van der Waals surface area contributed by atoms with Gasteiger partial charge in [-0.1, -0.05) is 13.8 Å². The summed E-state index contributed by atoms with van der Waals surface area (Å²) in [6.45, 7) is 3.25. The Kier molecular flexibility index (Phi) is 3.47. The minimum Gasteiger partial charge on any atom is -0.486 e. The lowest BCUT2D eigenvalue weighted by Crippen LogP contribution is -2.08. The van der Waals surface area contributed by atoms with E-state index in [9.17, 15) is 13.6 Å². The van der Waals surface area contributed by atoms with Crippen LogP contribution in [0.2, 0.25) is 0 Å². The summed E-state index contributed by atoms with van der Waals surface area (Å²) in [7, 11) is 1.18. The summed E-state index contributed by atoms with van der Waals surface area (Å²) >= 11 is 5.54. The van der Waals surface area contributed by atoms with E-state index in [1.54, 1.807) is 13.8 Å². The molecule has 0 bridgehead atoms. The molecule has 0 spiro atoms. The molecular weight excluding hydrogens is 242 g/mol. The van der Waals surface area contributed by atoms with Crippen LogP contribution in [0, 0.1) is 17.3 Å². The van der Waals surface area contributed by atoms with Crippen LogP contribution in [0.15, 0.2) is 10.8 Å². The molecule has 6 heteroatoms. The average Bonchev–Trinajstić information content (AvgIpc) is 2.68. The fourth-order valence-corrected chi connectivity index (χ4v) is 2.34. The highest BCUT2D eigenvalue weighted by molar-refractivity contribution is 6.28. The van der Waals surface area contributed by atoms with Gasteiger partial charge in [0.15, 0.2) is 5.22 Å². The normalized spacial score (nSPS) is 28.7. The summed E-state index contributed by atoms with van der Waals surface area (Å²) in [5.74, 6) is -2.69. The maximum absolute atomic E-state index is 12.8. The molecule has 0 aromatic carbocycles. The van der Waals surface area contributed by atoms with E-state index >= 15 is 0 Å². The Hall–Kier alpha value is -0.840. The first-order valence-corrected chi connectivity index (χ1v) is 5.07. The van der Waals surface area contributed by atoms with E-state index in [0.717, 1.165) is 0 Å². The highest BCUT2D eigenvalue weighted by Crippen LogP contribution is 2.63. The number of hydrogen-bond acceptors (Lipinski definition) is 2. The number of carboxylic acid groups (broad SMARTS) is 1. The van der Waals surface area contributed by atoms with Crippen molar-refractivity contribution in [2.75, 3.05) is 7.11 Å². The lowest BCUT2D eigenvalue weighted by molar-refractivity contribution is -0.139. The van der Waals surface area contributed by atoms with Crippen molar-refractivity contribution in [2.45, 2.75) is 20.3 Å². The van der Waals surface area contributed by atoms with E-state index in [1.165, 1.54) is 7.11 Å². The number of aliphatic carboxylic acids is 1. The second-order valence-corrected chi connectivity index (χ2v) is 4.69. The van der Waals surface area contributed by atoms with Gasteiger partial charge < -0.3 is 9.84 Å². The summed E-state index contributed by atoms with van der Waals surface area (Å²) in [5.41, 5.74) is -1.13. The fourth-order valence-electron chi connectivity index (χ4n) is 2.14. The molecule has 2 atom stereocenters. The van der Waals surface area contributed by atoms with Crippen LogP contribution in [0.4, 0.5) is 8.78 Å². The standard InChI is InChI=1S/C10H13ClF2O3/c1-10(2)5(6(10)9(14)15)4(8(12)13)7(11)16-3/h5-6,8H,1-3H3,(H,14,15)/t5-,6+/m0/s1. The van der Waals surface area contributed by atoms with Crippen LogP contribution in [0.3, 0.4) is 0 Å². The zero-order valence-corrected chi connectivity index (χ0v) is 9.89. The number of methoxy groups -OCH3 is 1. The van der Waals surface area contributed by atoms with Crippen LogP contribution in [0.25, 0.3) is 0 Å². The SMILES string of the molecule is COC(Cl)=C(C(F)F)[C@H]1[C@H](C(=O)O)C1(C)C. The van der Waals surface area contributed by atoms with Crippen LogP contribution in [-0.2, 0) is 9.53 Å². The Morgan fingerprint density at radius 1 is 1.44 bits per heavy atom. The van der Waals surface area contributed by atoms with E-state index < -0.39 is 40.4 Å². The van der Waals surface area contributed by atoms with E-state index in [4.69, 9.17) is 16.7 Å². The summed E-state index contributed by atoms with van der Waals surface area (Å²) in [4.78, 5) is 10.9. The maximum Gasteiger partial charge on any atom is 0.307 e. The highest BCUT2D eigenvalue weighted by atomic mass is 35.5. The minimum atomic E-state index is -2.80. The molecule has 92 valence electrons. The first-order chi connectivity index (χ1) is 7.25. The van der Waals surface area contributed by atoms with Gasteiger partial charge in [0, 0.05) is 5.92 Å². The summed E-state index contributed by atoms with van der Waals surface area (Å²) in [5, 5.41) is 8.49. The van der Waals surface area contributed by atoms with E-state index in [2.05, 4.69) is 4.74 Å². The van der Waals surface area contributed by atoms with Crippen molar-refractivity contribution < 1.29 is 23.4 Å². The van der Waals surface area contributed by atoms with Crippen molar-refractivity contribution in [3.63, 3.8) is 0 Å². The molecule has 0 aliphatic heterocycles. The van der Waals surface area contributed by atoms with Crippen LogP contribution in [0.1, 0.15) is 13.8 Å². The number of rotatable bonds is 4. The third kappa shape index (κ3) is 2.00. The Bertz CT molecular complexity index is 339. The number of alkyl halides is 2. The Morgan fingerprint density at radius 2 is 1.94 bits per heavy atom. The van der Waals surface area contributed by atoms with Gasteiger partial charge in [-0.3, -0.25) is 4.79 Å². The lowest BCUT2D eigenvalue weighted by atomic mass is 10.0. The molecule has 1 N–H and O–H groups in total. The maximum atomic E-state index is 12.8. The monoisotopic (exact) mass is 254 g/mol. The highest BCUT2D eigenvalue weighted by Gasteiger charge is 2.65. The second-order valence-electron chi connectivity index (χ2n) is 4.35. The Labute approximate surface area is 97.0 Å². The van der Waals surface area contributed by atoms with E-state index in [0.29, 0.717) is 0 Å². The molecule has 1 saturated carbocycles. The largest absolute Gasteiger partial charge is 0.486 e. The van der Waals surface area contributed by atoms with Crippen LogP contribution in [0.5, 0.6) is 0 Å². The van der Waals surface area contributed by atoms with Crippen molar-refractivity contribution >= 4 is 17.6 Å². The topological polar surface area (TPSA) is 46.5 Å². The quantitative estimate of drug-likeness (QED) is 0.785. The first kappa shape index (κ1) is 13.2. The molecule has 1 aliphatic carbocycles. The van der Waals surface area contributed by atoms with Gasteiger partial charge in [-0.25, -0.2) is 8.78 Å². The zero-order valence-electron chi connectivity index (χ0n) is 9.13. The summed E-state index contributed by atoms with van der Waals surface area (Å²) < 4.78 is 30.2. The third-order valence-electron chi connectivity index (χ3n) is 3.07. The minimum absolute atomic E-state index is 0.406. The molecule has 0 unspecified atom stereocenters. The summed E-state index contributed by atoms with van der Waals surface area (Å²) in [6.07, 6.45) is -2.80. The number of ether oxygens (including phenoxy) is 1. The number of allylic oxidation sites excluding steroid dienone is 1. The average molecular weight is 255 g/mol. The molecule has 1 rings (SSSR count). The van der Waals surface area contributed by atoms with Gasteiger partial charge in [-0.05, 0) is 17.0 Å². The van der Waals surface area contributed by atoms with Crippen molar-refractivity contribution in [1.82, 2.24) is 0 Å². The molecule has 0 saturated heterocycles. The van der Waals surface area contributed by atoms with Gasteiger partial charge in [0.1, 0.15) is 0 Å². The molecule has 0 radical (unpaired) electrons. The number of carboxylic acids is 1. The molecular formula is C10H13ClF2O3. The van der Waals surface area contributed by atoms with Gasteiger partial charge in [-0.15, -0.1) is 0 Å². The van der Waals surface area contributed by atoms with Gasteiger partial charge in [0.05, 0.1) is 18.6 Å². The molecule has 1 fully saturated rings. The lowest BCUT2D eigenvalue weighted by Gasteiger charge is -2.09. The number of carbonyl (C=O) groups is 1. The van der Waals surface area contributed by atoms with Gasteiger partial charge in [-0.2, -0.15) is 0 Å². The number of halogens is 3. The van der Waals surface area contributed by atoms with Gasteiger partial charge >= 0.3 is 5.97 Å². The van der Waals surface area contributed by atoms with Gasteiger partial charge in [0.2, 0.25) is 0 Å². The Balaban J connectivity index is 3.06. The predicted octanol–water partition coefficient (Wildman–Crippen LogP) is 2.71. The van der Waals surface area contributed by atoms with E-state index in [1.807, 2.05) is 0 Å². The zero-order chi connectivity index (χ0) is 12.7. The Morgan fingerprint density at radius 3 is 2.19 bits per heavy atom. The summed E-state index contributed by atoms with van der Waals surface area (Å²) in [6, 6.07) is 0. The molecule has 3 nitrogen and oxygen atoms in total. The number of hydrogen-bond donors (Lipinski definition) is 1. The molecule has 0 heterocycles. The van der Waals surface area contributed by atoms with Crippen LogP contribution in [-0.4, -0.2) is 24.6 Å². The van der Waals surface area contributed by atoms with Crippen molar-refractivity contribution in [3.05, 3.63) is 10.8 Å². The molecule has 0 aromatic rings.